The minimum atomic E-state index is -0.100. The standard InChI is InChI=1S/C19H23NO4/c1-21-14-5-7-16-15(10-14)19(20)13(11-24-16)8-12-4-6-17(22-2)18(9-12)23-3/h4-7,9-10,13,19H,8,11,20H2,1-3H3. The summed E-state index contributed by atoms with van der Waals surface area (Å²) in [4.78, 5) is 0. The maximum absolute atomic E-state index is 6.50. The van der Waals surface area contributed by atoms with Crippen LogP contribution in [0.3, 0.4) is 0 Å². The lowest BCUT2D eigenvalue weighted by Crippen LogP contribution is -2.32. The van der Waals surface area contributed by atoms with E-state index in [1.54, 1.807) is 21.3 Å². The number of methoxy groups -OCH3 is 3. The monoisotopic (exact) mass is 329 g/mol. The Balaban J connectivity index is 1.81. The first-order valence-electron chi connectivity index (χ1n) is 7.93. The summed E-state index contributed by atoms with van der Waals surface area (Å²) < 4.78 is 21.8. The molecule has 2 aromatic rings. The molecule has 3 rings (SSSR count). The first kappa shape index (κ1) is 16.5. The molecule has 0 radical (unpaired) electrons. The van der Waals surface area contributed by atoms with E-state index in [9.17, 15) is 0 Å². The molecule has 0 spiro atoms. The topological polar surface area (TPSA) is 62.9 Å². The molecular formula is C19H23NO4. The van der Waals surface area contributed by atoms with E-state index in [-0.39, 0.29) is 12.0 Å². The molecule has 1 heterocycles. The van der Waals surface area contributed by atoms with Gasteiger partial charge < -0.3 is 24.7 Å². The van der Waals surface area contributed by atoms with Crippen molar-refractivity contribution in [2.45, 2.75) is 12.5 Å². The first-order chi connectivity index (χ1) is 11.7. The Morgan fingerprint density at radius 1 is 1.00 bits per heavy atom. The van der Waals surface area contributed by atoms with Crippen LogP contribution >= 0.6 is 0 Å². The highest BCUT2D eigenvalue weighted by molar-refractivity contribution is 5.45. The van der Waals surface area contributed by atoms with E-state index in [0.717, 1.165) is 40.5 Å². The zero-order valence-corrected chi connectivity index (χ0v) is 14.2. The SMILES string of the molecule is COc1ccc2c(c1)C(N)C(Cc1ccc(OC)c(OC)c1)CO2. The Morgan fingerprint density at radius 3 is 2.50 bits per heavy atom. The second-order valence-corrected chi connectivity index (χ2v) is 5.89. The highest BCUT2D eigenvalue weighted by Gasteiger charge is 2.29. The van der Waals surface area contributed by atoms with Crippen molar-refractivity contribution in [2.75, 3.05) is 27.9 Å². The van der Waals surface area contributed by atoms with Gasteiger partial charge in [0.25, 0.3) is 0 Å². The molecule has 0 saturated heterocycles. The largest absolute Gasteiger partial charge is 0.497 e. The Kier molecular flexibility index (Phi) is 4.81. The van der Waals surface area contributed by atoms with Crippen LogP contribution in [0.5, 0.6) is 23.0 Å². The molecule has 24 heavy (non-hydrogen) atoms. The molecule has 5 nitrogen and oxygen atoms in total. The highest BCUT2D eigenvalue weighted by Crippen LogP contribution is 2.38. The normalized spacial score (nSPS) is 19.2. The van der Waals surface area contributed by atoms with Crippen molar-refractivity contribution >= 4 is 0 Å². The number of fused-ring (bicyclic) bond motifs is 1. The van der Waals surface area contributed by atoms with Crippen molar-refractivity contribution in [3.05, 3.63) is 47.5 Å². The Hall–Kier alpha value is -2.40. The fourth-order valence-electron chi connectivity index (χ4n) is 3.10. The van der Waals surface area contributed by atoms with Gasteiger partial charge in [-0.1, -0.05) is 6.07 Å². The van der Waals surface area contributed by atoms with E-state index in [1.165, 1.54) is 0 Å². The van der Waals surface area contributed by atoms with Gasteiger partial charge in [-0.3, -0.25) is 0 Å². The van der Waals surface area contributed by atoms with Gasteiger partial charge in [0, 0.05) is 17.5 Å². The number of ether oxygens (including phenoxy) is 4. The Morgan fingerprint density at radius 2 is 1.79 bits per heavy atom. The summed E-state index contributed by atoms with van der Waals surface area (Å²) in [6.45, 7) is 0.592. The quantitative estimate of drug-likeness (QED) is 0.914. The third-order valence-corrected chi connectivity index (χ3v) is 4.48. The lowest BCUT2D eigenvalue weighted by Gasteiger charge is -2.31. The molecule has 128 valence electrons. The van der Waals surface area contributed by atoms with E-state index in [0.29, 0.717) is 6.61 Å². The molecule has 2 unspecified atom stereocenters. The maximum Gasteiger partial charge on any atom is 0.160 e. The molecule has 2 atom stereocenters. The summed E-state index contributed by atoms with van der Waals surface area (Å²) in [5.41, 5.74) is 8.63. The van der Waals surface area contributed by atoms with Crippen LogP contribution in [0.15, 0.2) is 36.4 Å². The van der Waals surface area contributed by atoms with E-state index in [2.05, 4.69) is 0 Å². The fourth-order valence-corrected chi connectivity index (χ4v) is 3.10. The van der Waals surface area contributed by atoms with Gasteiger partial charge in [0.05, 0.1) is 27.9 Å². The van der Waals surface area contributed by atoms with Gasteiger partial charge in [0.1, 0.15) is 11.5 Å². The van der Waals surface area contributed by atoms with E-state index in [1.807, 2.05) is 36.4 Å². The molecule has 1 aliphatic rings. The molecule has 0 saturated carbocycles. The summed E-state index contributed by atoms with van der Waals surface area (Å²) in [7, 11) is 4.92. The zero-order chi connectivity index (χ0) is 17.1. The second kappa shape index (κ2) is 7.01. The Bertz CT molecular complexity index is 717. The van der Waals surface area contributed by atoms with Crippen LogP contribution < -0.4 is 24.7 Å². The predicted molar refractivity (Wildman–Crippen MR) is 92.2 cm³/mol. The van der Waals surface area contributed by atoms with Crippen LogP contribution in [0.4, 0.5) is 0 Å². The van der Waals surface area contributed by atoms with Crippen molar-refractivity contribution in [1.82, 2.24) is 0 Å². The molecule has 5 heteroatoms. The number of rotatable bonds is 5. The van der Waals surface area contributed by atoms with Gasteiger partial charge in [-0.2, -0.15) is 0 Å². The maximum atomic E-state index is 6.50. The van der Waals surface area contributed by atoms with Crippen molar-refractivity contribution in [1.29, 1.82) is 0 Å². The Labute approximate surface area is 142 Å². The molecule has 0 aliphatic carbocycles. The minimum absolute atomic E-state index is 0.100. The van der Waals surface area contributed by atoms with Gasteiger partial charge in [-0.25, -0.2) is 0 Å². The molecule has 0 aromatic heterocycles. The highest BCUT2D eigenvalue weighted by atomic mass is 16.5. The van der Waals surface area contributed by atoms with Crippen LogP contribution in [0.1, 0.15) is 17.2 Å². The van der Waals surface area contributed by atoms with E-state index >= 15 is 0 Å². The lowest BCUT2D eigenvalue weighted by molar-refractivity contribution is 0.193. The summed E-state index contributed by atoms with van der Waals surface area (Å²) >= 11 is 0. The summed E-state index contributed by atoms with van der Waals surface area (Å²) in [5, 5.41) is 0. The molecule has 1 aliphatic heterocycles. The van der Waals surface area contributed by atoms with Gasteiger partial charge in [0.15, 0.2) is 11.5 Å². The van der Waals surface area contributed by atoms with Crippen LogP contribution in [-0.4, -0.2) is 27.9 Å². The smallest absolute Gasteiger partial charge is 0.160 e. The number of benzene rings is 2. The third-order valence-electron chi connectivity index (χ3n) is 4.48. The average molecular weight is 329 g/mol. The summed E-state index contributed by atoms with van der Waals surface area (Å²) in [5.74, 6) is 3.26. The molecule has 2 N–H and O–H groups in total. The van der Waals surface area contributed by atoms with Crippen molar-refractivity contribution in [2.24, 2.45) is 11.7 Å². The first-order valence-corrected chi connectivity index (χ1v) is 7.93. The second-order valence-electron chi connectivity index (χ2n) is 5.89. The lowest BCUT2D eigenvalue weighted by atomic mass is 9.86. The van der Waals surface area contributed by atoms with Crippen LogP contribution in [0.25, 0.3) is 0 Å². The molecule has 0 amide bonds. The van der Waals surface area contributed by atoms with Gasteiger partial charge in [-0.05, 0) is 42.3 Å². The summed E-state index contributed by atoms with van der Waals surface area (Å²) in [6.07, 6.45) is 0.804. The van der Waals surface area contributed by atoms with Gasteiger partial charge >= 0.3 is 0 Å². The zero-order valence-electron chi connectivity index (χ0n) is 14.2. The van der Waals surface area contributed by atoms with Crippen LogP contribution in [0.2, 0.25) is 0 Å². The van der Waals surface area contributed by atoms with Crippen molar-refractivity contribution in [3.8, 4) is 23.0 Å². The molecular weight excluding hydrogens is 306 g/mol. The van der Waals surface area contributed by atoms with E-state index < -0.39 is 0 Å². The molecule has 0 fully saturated rings. The molecule has 2 aromatic carbocycles. The van der Waals surface area contributed by atoms with Crippen LogP contribution in [0, 0.1) is 5.92 Å². The summed E-state index contributed by atoms with van der Waals surface area (Å²) in [6, 6.07) is 11.6. The fraction of sp³-hybridized carbons (Fsp3) is 0.368. The molecule has 0 bridgehead atoms. The van der Waals surface area contributed by atoms with Crippen LogP contribution in [-0.2, 0) is 6.42 Å². The van der Waals surface area contributed by atoms with Gasteiger partial charge in [-0.15, -0.1) is 0 Å². The predicted octanol–water partition coefficient (Wildman–Crippen LogP) is 2.96. The minimum Gasteiger partial charge on any atom is -0.497 e. The van der Waals surface area contributed by atoms with Crippen molar-refractivity contribution < 1.29 is 18.9 Å². The van der Waals surface area contributed by atoms with E-state index in [4.69, 9.17) is 24.7 Å². The number of hydrogen-bond acceptors (Lipinski definition) is 5. The number of nitrogens with two attached hydrogens (primary N) is 1. The third kappa shape index (κ3) is 3.12. The number of hydrogen-bond donors (Lipinski definition) is 1. The van der Waals surface area contributed by atoms with Crippen molar-refractivity contribution in [3.63, 3.8) is 0 Å². The van der Waals surface area contributed by atoms with Gasteiger partial charge in [0.2, 0.25) is 0 Å². The average Bonchev–Trinajstić information content (AvgIpc) is 2.63.